The number of nitrogens with two attached hydrogens (primary N) is 1. The van der Waals surface area contributed by atoms with Gasteiger partial charge >= 0.3 is 6.18 Å². The Morgan fingerprint density at radius 3 is 2.60 bits per heavy atom. The van der Waals surface area contributed by atoms with Crippen LogP contribution in [0.25, 0.3) is 0 Å². The van der Waals surface area contributed by atoms with E-state index in [2.05, 4.69) is 20.1 Å². The third-order valence-corrected chi connectivity index (χ3v) is 3.85. The van der Waals surface area contributed by atoms with Crippen molar-refractivity contribution in [2.24, 2.45) is 10.7 Å². The summed E-state index contributed by atoms with van der Waals surface area (Å²) >= 11 is 0. The van der Waals surface area contributed by atoms with E-state index in [0.29, 0.717) is 25.0 Å². The van der Waals surface area contributed by atoms with Crippen molar-refractivity contribution in [3.05, 3.63) is 41.2 Å². The van der Waals surface area contributed by atoms with Gasteiger partial charge in [-0.3, -0.25) is 9.48 Å². The Hall–Kier alpha value is -2.78. The number of carbonyl (C=O) groups excluding carboxylic acids is 1. The smallest absolute Gasteiger partial charge is 0.380 e. The highest BCUT2D eigenvalue weighted by Gasteiger charge is 2.39. The van der Waals surface area contributed by atoms with Gasteiger partial charge in [0.1, 0.15) is 6.54 Å². The van der Waals surface area contributed by atoms with Gasteiger partial charge in [-0.1, -0.05) is 0 Å². The predicted molar refractivity (Wildman–Crippen MR) is 81.6 cm³/mol. The number of amides is 1. The molecule has 1 amide bonds. The third kappa shape index (κ3) is 3.67. The SMILES string of the molecule is NC(=NC(=O)Cn1nc(C(F)(F)F)c2c1CCCC2)c1ncccn1. The molecule has 1 aliphatic rings. The average Bonchev–Trinajstić information content (AvgIpc) is 2.94. The van der Waals surface area contributed by atoms with E-state index in [1.165, 1.54) is 12.4 Å². The highest BCUT2D eigenvalue weighted by molar-refractivity contribution is 6.01. The lowest BCUT2D eigenvalue weighted by atomic mass is 9.95. The molecule has 0 saturated carbocycles. The van der Waals surface area contributed by atoms with Gasteiger partial charge in [0.25, 0.3) is 5.91 Å². The molecule has 0 saturated heterocycles. The van der Waals surface area contributed by atoms with Crippen LogP contribution in [0.1, 0.15) is 35.6 Å². The Morgan fingerprint density at radius 2 is 1.92 bits per heavy atom. The summed E-state index contributed by atoms with van der Waals surface area (Å²) in [6, 6.07) is 1.58. The standard InChI is InChI=1S/C15H15F3N6O/c16-15(17,18)12-9-4-1-2-5-10(9)24(23-12)8-11(25)22-13(19)14-20-6-3-7-21-14/h3,6-7H,1-2,4-5,8H2,(H2,19,22,25). The molecule has 0 aromatic carbocycles. The topological polar surface area (TPSA) is 99.0 Å². The van der Waals surface area contributed by atoms with Crippen molar-refractivity contribution >= 4 is 11.7 Å². The van der Waals surface area contributed by atoms with Crippen LogP contribution in [0.5, 0.6) is 0 Å². The molecule has 1 aliphatic carbocycles. The van der Waals surface area contributed by atoms with Crippen LogP contribution in [0.15, 0.2) is 23.5 Å². The van der Waals surface area contributed by atoms with E-state index in [1.54, 1.807) is 6.07 Å². The molecule has 10 heteroatoms. The molecule has 2 N–H and O–H groups in total. The van der Waals surface area contributed by atoms with E-state index in [-0.39, 0.29) is 17.2 Å². The molecular weight excluding hydrogens is 337 g/mol. The lowest BCUT2D eigenvalue weighted by Gasteiger charge is -2.14. The Bertz CT molecular complexity index is 813. The Labute approximate surface area is 140 Å². The number of rotatable bonds is 3. The lowest BCUT2D eigenvalue weighted by molar-refractivity contribution is -0.142. The van der Waals surface area contributed by atoms with Crippen LogP contribution in [0.3, 0.4) is 0 Å². The molecule has 0 radical (unpaired) electrons. The predicted octanol–water partition coefficient (Wildman–Crippen LogP) is 1.50. The maximum Gasteiger partial charge on any atom is 0.435 e. The van der Waals surface area contributed by atoms with Crippen molar-refractivity contribution in [1.82, 2.24) is 19.7 Å². The van der Waals surface area contributed by atoms with Crippen molar-refractivity contribution in [3.63, 3.8) is 0 Å². The van der Waals surface area contributed by atoms with Gasteiger partial charge in [-0.2, -0.15) is 23.3 Å². The molecule has 2 heterocycles. The van der Waals surface area contributed by atoms with E-state index in [9.17, 15) is 18.0 Å². The molecule has 0 unspecified atom stereocenters. The summed E-state index contributed by atoms with van der Waals surface area (Å²) < 4.78 is 40.5. The van der Waals surface area contributed by atoms with Crippen LogP contribution in [-0.4, -0.2) is 31.5 Å². The number of hydrogen-bond donors (Lipinski definition) is 1. The number of halogens is 3. The van der Waals surface area contributed by atoms with Gasteiger partial charge in [0.2, 0.25) is 0 Å². The second kappa shape index (κ2) is 6.61. The van der Waals surface area contributed by atoms with E-state index in [4.69, 9.17) is 5.73 Å². The minimum atomic E-state index is -4.55. The number of hydrogen-bond acceptors (Lipinski definition) is 4. The largest absolute Gasteiger partial charge is 0.435 e. The number of carbonyl (C=O) groups is 1. The van der Waals surface area contributed by atoms with Crippen LogP contribution in [0.2, 0.25) is 0 Å². The molecule has 7 nitrogen and oxygen atoms in total. The number of nitrogens with zero attached hydrogens (tertiary/aromatic N) is 5. The van der Waals surface area contributed by atoms with Crippen LogP contribution in [0.4, 0.5) is 13.2 Å². The molecular formula is C15H15F3N6O. The second-order valence-corrected chi connectivity index (χ2v) is 5.60. The molecule has 0 aliphatic heterocycles. The van der Waals surface area contributed by atoms with Gasteiger partial charge in [-0.15, -0.1) is 0 Å². The van der Waals surface area contributed by atoms with Crippen molar-refractivity contribution < 1.29 is 18.0 Å². The molecule has 0 spiro atoms. The summed E-state index contributed by atoms with van der Waals surface area (Å²) in [5.74, 6) is -0.827. The van der Waals surface area contributed by atoms with Crippen molar-refractivity contribution in [1.29, 1.82) is 0 Å². The quantitative estimate of drug-likeness (QED) is 0.667. The van der Waals surface area contributed by atoms with Crippen LogP contribution < -0.4 is 5.73 Å². The first kappa shape index (κ1) is 17.1. The molecule has 0 bridgehead atoms. The molecule has 0 atom stereocenters. The molecule has 2 aromatic rings. The first-order chi connectivity index (χ1) is 11.9. The minimum absolute atomic E-state index is 0.0781. The number of fused-ring (bicyclic) bond motifs is 1. The Kier molecular flexibility index (Phi) is 4.51. The first-order valence-corrected chi connectivity index (χ1v) is 7.66. The fourth-order valence-corrected chi connectivity index (χ4v) is 2.81. The van der Waals surface area contributed by atoms with E-state index >= 15 is 0 Å². The Morgan fingerprint density at radius 1 is 1.24 bits per heavy atom. The van der Waals surface area contributed by atoms with Crippen molar-refractivity contribution in [3.8, 4) is 0 Å². The van der Waals surface area contributed by atoms with Crippen molar-refractivity contribution in [2.45, 2.75) is 38.4 Å². The van der Waals surface area contributed by atoms with E-state index in [0.717, 1.165) is 11.1 Å². The highest BCUT2D eigenvalue weighted by Crippen LogP contribution is 2.35. The minimum Gasteiger partial charge on any atom is -0.380 e. The van der Waals surface area contributed by atoms with Crippen molar-refractivity contribution in [2.75, 3.05) is 0 Å². The summed E-state index contributed by atoms with van der Waals surface area (Å²) in [6.45, 7) is -0.411. The van der Waals surface area contributed by atoms with Gasteiger partial charge in [-0.05, 0) is 31.7 Å². The summed E-state index contributed by atoms with van der Waals surface area (Å²) in [5, 5.41) is 3.61. The third-order valence-electron chi connectivity index (χ3n) is 3.85. The number of aromatic nitrogens is 4. The van der Waals surface area contributed by atoms with Crippen LogP contribution >= 0.6 is 0 Å². The average molecular weight is 352 g/mol. The molecule has 25 heavy (non-hydrogen) atoms. The van der Waals surface area contributed by atoms with Gasteiger partial charge in [0.15, 0.2) is 17.4 Å². The van der Waals surface area contributed by atoms with Gasteiger partial charge < -0.3 is 5.73 Å². The van der Waals surface area contributed by atoms with Gasteiger partial charge in [0, 0.05) is 23.7 Å². The summed E-state index contributed by atoms with van der Waals surface area (Å²) in [6.07, 6.45) is 0.521. The maximum atomic E-state index is 13.1. The molecule has 2 aromatic heterocycles. The zero-order chi connectivity index (χ0) is 18.0. The fraction of sp³-hybridized carbons (Fsp3) is 0.400. The zero-order valence-electron chi connectivity index (χ0n) is 13.1. The number of aliphatic imine (C=N–C) groups is 1. The van der Waals surface area contributed by atoms with Crippen LogP contribution in [0, 0.1) is 0 Å². The number of amidine groups is 1. The second-order valence-electron chi connectivity index (χ2n) is 5.60. The molecule has 0 fully saturated rings. The molecule has 3 rings (SSSR count). The van der Waals surface area contributed by atoms with Gasteiger partial charge in [0.05, 0.1) is 0 Å². The van der Waals surface area contributed by atoms with Gasteiger partial charge in [-0.25, -0.2) is 9.97 Å². The maximum absolute atomic E-state index is 13.1. The van der Waals surface area contributed by atoms with E-state index in [1.807, 2.05) is 0 Å². The lowest BCUT2D eigenvalue weighted by Crippen LogP contribution is -2.21. The van der Waals surface area contributed by atoms with Crippen LogP contribution in [-0.2, 0) is 30.4 Å². The normalized spacial score (nSPS) is 15.1. The summed E-state index contributed by atoms with van der Waals surface area (Å²) in [5.41, 5.74) is 5.36. The zero-order valence-corrected chi connectivity index (χ0v) is 13.1. The number of alkyl halides is 3. The Balaban J connectivity index is 1.86. The summed E-state index contributed by atoms with van der Waals surface area (Å²) in [4.78, 5) is 23.4. The summed E-state index contributed by atoms with van der Waals surface area (Å²) in [7, 11) is 0. The fourth-order valence-electron chi connectivity index (χ4n) is 2.81. The molecule has 132 valence electrons. The van der Waals surface area contributed by atoms with E-state index < -0.39 is 24.3 Å². The first-order valence-electron chi connectivity index (χ1n) is 7.66. The highest BCUT2D eigenvalue weighted by atomic mass is 19.4. The monoisotopic (exact) mass is 352 g/mol.